The molecule has 2 rings (SSSR count). The number of benzene rings is 1. The Morgan fingerprint density at radius 3 is 2.53 bits per heavy atom. The molecule has 1 heterocycles. The second kappa shape index (κ2) is 4.97. The van der Waals surface area contributed by atoms with Crippen LogP contribution in [0.3, 0.4) is 0 Å². The summed E-state index contributed by atoms with van der Waals surface area (Å²) in [7, 11) is -2.05. The van der Waals surface area contributed by atoms with Crippen LogP contribution in [0.2, 0.25) is 0 Å². The van der Waals surface area contributed by atoms with E-state index < -0.39 is 10.0 Å². The second-order valence-corrected chi connectivity index (χ2v) is 6.82. The molecule has 5 nitrogen and oxygen atoms in total. The van der Waals surface area contributed by atoms with Crippen molar-refractivity contribution in [3.05, 3.63) is 40.0 Å². The minimum Gasteiger partial charge on any atom is -0.277 e. The van der Waals surface area contributed by atoms with Gasteiger partial charge in [-0.25, -0.2) is 0 Å². The van der Waals surface area contributed by atoms with Crippen molar-refractivity contribution >= 4 is 31.6 Å². The summed E-state index contributed by atoms with van der Waals surface area (Å²) in [6, 6.07) is 5.25. The third-order valence-electron chi connectivity index (χ3n) is 2.72. The SMILES string of the molecule is Cc1cc(C)c(NS(=O)(=O)c2ccnn2C)c(Br)c1. The summed E-state index contributed by atoms with van der Waals surface area (Å²) < 4.78 is 29.2. The molecule has 0 radical (unpaired) electrons. The minimum atomic E-state index is -3.64. The Kier molecular flexibility index (Phi) is 3.69. The van der Waals surface area contributed by atoms with Crippen LogP contribution in [0.1, 0.15) is 11.1 Å². The fraction of sp³-hybridized carbons (Fsp3) is 0.250. The molecule has 1 aromatic heterocycles. The molecule has 0 fully saturated rings. The van der Waals surface area contributed by atoms with E-state index in [1.54, 1.807) is 7.05 Å². The highest BCUT2D eigenvalue weighted by Gasteiger charge is 2.20. The molecule has 1 N–H and O–H groups in total. The summed E-state index contributed by atoms with van der Waals surface area (Å²) in [6.07, 6.45) is 1.45. The Labute approximate surface area is 120 Å². The van der Waals surface area contributed by atoms with Gasteiger partial charge in [-0.05, 0) is 53.0 Å². The highest BCUT2D eigenvalue weighted by Crippen LogP contribution is 2.29. The summed E-state index contributed by atoms with van der Waals surface area (Å²) in [5.41, 5.74) is 2.47. The van der Waals surface area contributed by atoms with Gasteiger partial charge in [0.15, 0.2) is 5.03 Å². The maximum Gasteiger partial charge on any atom is 0.279 e. The molecule has 0 amide bonds. The molecule has 0 saturated heterocycles. The lowest BCUT2D eigenvalue weighted by molar-refractivity contribution is 0.582. The van der Waals surface area contributed by atoms with Crippen LogP contribution in [0.15, 0.2) is 33.9 Å². The third kappa shape index (κ3) is 2.82. The largest absolute Gasteiger partial charge is 0.279 e. The molecule has 0 unspecified atom stereocenters. The van der Waals surface area contributed by atoms with Crippen LogP contribution in [0.25, 0.3) is 0 Å². The Morgan fingerprint density at radius 1 is 1.32 bits per heavy atom. The molecular formula is C12H14BrN3O2S. The quantitative estimate of drug-likeness (QED) is 0.931. The molecular weight excluding hydrogens is 330 g/mol. The van der Waals surface area contributed by atoms with Crippen LogP contribution in [0.4, 0.5) is 5.69 Å². The van der Waals surface area contributed by atoms with Crippen LogP contribution < -0.4 is 4.72 Å². The van der Waals surface area contributed by atoms with Gasteiger partial charge in [-0.3, -0.25) is 9.40 Å². The van der Waals surface area contributed by atoms with Gasteiger partial charge in [0.1, 0.15) is 0 Å². The number of nitrogens with zero attached hydrogens (tertiary/aromatic N) is 2. The minimum absolute atomic E-state index is 0.124. The van der Waals surface area contributed by atoms with Gasteiger partial charge in [0.2, 0.25) is 0 Å². The number of nitrogens with one attached hydrogen (secondary N) is 1. The zero-order valence-corrected chi connectivity index (χ0v) is 13.2. The topological polar surface area (TPSA) is 64.0 Å². The molecule has 0 aliphatic heterocycles. The highest BCUT2D eigenvalue weighted by molar-refractivity contribution is 9.10. The normalized spacial score (nSPS) is 11.6. The molecule has 0 atom stereocenters. The van der Waals surface area contributed by atoms with E-state index in [9.17, 15) is 8.42 Å². The maximum absolute atomic E-state index is 12.3. The van der Waals surface area contributed by atoms with Crippen molar-refractivity contribution in [1.29, 1.82) is 0 Å². The summed E-state index contributed by atoms with van der Waals surface area (Å²) >= 11 is 3.38. The molecule has 0 spiro atoms. The zero-order chi connectivity index (χ0) is 14.2. The molecule has 19 heavy (non-hydrogen) atoms. The molecule has 2 aromatic rings. The average molecular weight is 344 g/mol. The van der Waals surface area contributed by atoms with E-state index in [1.165, 1.54) is 16.9 Å². The average Bonchev–Trinajstić information content (AvgIpc) is 2.70. The number of aromatic nitrogens is 2. The molecule has 0 saturated carbocycles. The van der Waals surface area contributed by atoms with Crippen LogP contribution in [-0.2, 0) is 17.1 Å². The Morgan fingerprint density at radius 2 is 2.00 bits per heavy atom. The van der Waals surface area contributed by atoms with E-state index in [0.29, 0.717) is 5.69 Å². The number of aryl methyl sites for hydroxylation is 3. The van der Waals surface area contributed by atoms with E-state index in [2.05, 4.69) is 25.8 Å². The number of halogens is 1. The lowest BCUT2D eigenvalue weighted by Crippen LogP contribution is -2.17. The fourth-order valence-corrected chi connectivity index (χ4v) is 4.04. The van der Waals surface area contributed by atoms with Crippen molar-refractivity contribution in [3.8, 4) is 0 Å². The maximum atomic E-state index is 12.3. The van der Waals surface area contributed by atoms with Crippen molar-refractivity contribution in [2.75, 3.05) is 4.72 Å². The monoisotopic (exact) mass is 343 g/mol. The molecule has 1 aromatic carbocycles. The van der Waals surface area contributed by atoms with Gasteiger partial charge in [0, 0.05) is 11.5 Å². The highest BCUT2D eigenvalue weighted by atomic mass is 79.9. The van der Waals surface area contributed by atoms with E-state index >= 15 is 0 Å². The summed E-state index contributed by atoms with van der Waals surface area (Å²) in [5, 5.41) is 3.99. The smallest absolute Gasteiger partial charge is 0.277 e. The van der Waals surface area contributed by atoms with Crippen LogP contribution in [0, 0.1) is 13.8 Å². The van der Waals surface area contributed by atoms with E-state index in [0.717, 1.165) is 15.6 Å². The van der Waals surface area contributed by atoms with Gasteiger partial charge >= 0.3 is 0 Å². The van der Waals surface area contributed by atoms with Gasteiger partial charge < -0.3 is 0 Å². The fourth-order valence-electron chi connectivity index (χ4n) is 1.86. The Bertz CT molecular complexity index is 699. The van der Waals surface area contributed by atoms with Gasteiger partial charge in [-0.1, -0.05) is 6.07 Å². The molecule has 7 heteroatoms. The molecule has 0 aliphatic carbocycles. The standard InChI is InChI=1S/C12H14BrN3O2S/c1-8-6-9(2)12(10(13)7-8)15-19(17,18)11-4-5-14-16(11)3/h4-7,15H,1-3H3. The van der Waals surface area contributed by atoms with Crippen molar-refractivity contribution in [3.63, 3.8) is 0 Å². The predicted molar refractivity (Wildman–Crippen MR) is 77.6 cm³/mol. The lowest BCUT2D eigenvalue weighted by Gasteiger charge is -2.13. The van der Waals surface area contributed by atoms with Crippen LogP contribution >= 0.6 is 15.9 Å². The van der Waals surface area contributed by atoms with Crippen LogP contribution in [-0.4, -0.2) is 18.2 Å². The summed E-state index contributed by atoms with van der Waals surface area (Å²) in [6.45, 7) is 3.82. The second-order valence-electron chi connectivity index (χ2n) is 4.34. The van der Waals surface area contributed by atoms with E-state index in [-0.39, 0.29) is 5.03 Å². The first-order valence-electron chi connectivity index (χ1n) is 5.59. The number of hydrogen-bond donors (Lipinski definition) is 1. The molecule has 0 aliphatic rings. The third-order valence-corrected chi connectivity index (χ3v) is 4.77. The number of rotatable bonds is 3. The van der Waals surface area contributed by atoms with Gasteiger partial charge in [-0.2, -0.15) is 13.5 Å². The number of hydrogen-bond acceptors (Lipinski definition) is 3. The lowest BCUT2D eigenvalue weighted by atomic mass is 10.1. The summed E-state index contributed by atoms with van der Waals surface area (Å²) in [4.78, 5) is 0. The van der Waals surface area contributed by atoms with E-state index in [4.69, 9.17) is 0 Å². The first kappa shape index (κ1) is 14.1. The number of sulfonamides is 1. The molecule has 102 valence electrons. The Balaban J connectivity index is 2.45. The summed E-state index contributed by atoms with van der Waals surface area (Å²) in [5.74, 6) is 0. The predicted octanol–water partition coefficient (Wildman–Crippen LogP) is 2.60. The van der Waals surface area contributed by atoms with Gasteiger partial charge in [-0.15, -0.1) is 0 Å². The van der Waals surface area contributed by atoms with Gasteiger partial charge in [0.25, 0.3) is 10.0 Å². The number of anilines is 1. The van der Waals surface area contributed by atoms with Crippen molar-refractivity contribution < 1.29 is 8.42 Å². The molecule has 0 bridgehead atoms. The van der Waals surface area contributed by atoms with E-state index in [1.807, 2.05) is 26.0 Å². The first-order chi connectivity index (χ1) is 8.81. The Hall–Kier alpha value is -1.34. The van der Waals surface area contributed by atoms with Crippen molar-refractivity contribution in [2.24, 2.45) is 7.05 Å². The van der Waals surface area contributed by atoms with Crippen molar-refractivity contribution in [1.82, 2.24) is 9.78 Å². The van der Waals surface area contributed by atoms with Crippen LogP contribution in [0.5, 0.6) is 0 Å². The van der Waals surface area contributed by atoms with Gasteiger partial charge in [0.05, 0.1) is 11.9 Å². The zero-order valence-electron chi connectivity index (χ0n) is 10.8. The van der Waals surface area contributed by atoms with Crippen molar-refractivity contribution in [2.45, 2.75) is 18.9 Å². The first-order valence-corrected chi connectivity index (χ1v) is 7.86.